The Bertz CT molecular complexity index is 945. The lowest BCUT2D eigenvalue weighted by Gasteiger charge is -2.05. The fraction of sp³-hybridized carbons (Fsp3) is 0.158. The second kappa shape index (κ2) is 7.30. The van der Waals surface area contributed by atoms with Crippen molar-refractivity contribution in [1.29, 1.82) is 0 Å². The van der Waals surface area contributed by atoms with Crippen LogP contribution in [0.1, 0.15) is 28.5 Å². The number of carbonyl (C=O) groups excluding carboxylic acids is 2. The summed E-state index contributed by atoms with van der Waals surface area (Å²) in [7, 11) is 0. The zero-order valence-electron chi connectivity index (χ0n) is 13.4. The molecule has 4 nitrogen and oxygen atoms in total. The number of esters is 1. The summed E-state index contributed by atoms with van der Waals surface area (Å²) in [6.07, 6.45) is 0.00410. The highest BCUT2D eigenvalue weighted by molar-refractivity contribution is 6.31. The van der Waals surface area contributed by atoms with Gasteiger partial charge in [0.15, 0.2) is 0 Å². The van der Waals surface area contributed by atoms with Gasteiger partial charge < -0.3 is 9.72 Å². The molecule has 6 heteroatoms. The fourth-order valence-corrected chi connectivity index (χ4v) is 3.01. The number of ether oxygens (including phenoxy) is 1. The standard InChI is InChI=1S/C19H15Cl2NO3/c1-2-25-17(23)10-15-14-8-7-13(21)9-16(14)22-18(15)19(24)11-3-5-12(20)6-4-11/h3-9,22H,2,10H2,1H3. The van der Waals surface area contributed by atoms with Gasteiger partial charge in [0.1, 0.15) is 0 Å². The number of hydrogen-bond donors (Lipinski definition) is 1. The monoisotopic (exact) mass is 375 g/mol. The number of H-pyrrole nitrogens is 1. The maximum Gasteiger partial charge on any atom is 0.310 e. The SMILES string of the molecule is CCOC(=O)Cc1c(C(=O)c2ccc(Cl)cc2)[nH]c2cc(Cl)ccc12. The fourth-order valence-electron chi connectivity index (χ4n) is 2.71. The molecule has 0 saturated heterocycles. The predicted octanol–water partition coefficient (Wildman–Crippen LogP) is 4.81. The quantitative estimate of drug-likeness (QED) is 0.514. The van der Waals surface area contributed by atoms with Crippen LogP contribution < -0.4 is 0 Å². The van der Waals surface area contributed by atoms with Gasteiger partial charge in [-0.2, -0.15) is 0 Å². The largest absolute Gasteiger partial charge is 0.466 e. The Hall–Kier alpha value is -2.30. The van der Waals surface area contributed by atoms with Gasteiger partial charge in [0, 0.05) is 32.1 Å². The number of nitrogens with one attached hydrogen (secondary N) is 1. The van der Waals surface area contributed by atoms with E-state index in [2.05, 4.69) is 4.98 Å². The second-order valence-electron chi connectivity index (χ2n) is 5.49. The summed E-state index contributed by atoms with van der Waals surface area (Å²) in [5.74, 6) is -0.605. The van der Waals surface area contributed by atoms with Crippen molar-refractivity contribution in [2.75, 3.05) is 6.61 Å². The van der Waals surface area contributed by atoms with E-state index in [-0.39, 0.29) is 24.8 Å². The van der Waals surface area contributed by atoms with E-state index in [0.717, 1.165) is 5.39 Å². The van der Waals surface area contributed by atoms with Crippen LogP contribution in [0.2, 0.25) is 10.0 Å². The third kappa shape index (κ3) is 3.70. The summed E-state index contributed by atoms with van der Waals surface area (Å²) in [5.41, 5.74) is 2.13. The van der Waals surface area contributed by atoms with Gasteiger partial charge in [0.05, 0.1) is 18.7 Å². The number of hydrogen-bond acceptors (Lipinski definition) is 3. The molecule has 0 bridgehead atoms. The number of aromatic amines is 1. The third-order valence-electron chi connectivity index (χ3n) is 3.83. The van der Waals surface area contributed by atoms with Crippen molar-refractivity contribution in [2.24, 2.45) is 0 Å². The summed E-state index contributed by atoms with van der Waals surface area (Å²) < 4.78 is 5.04. The molecule has 1 heterocycles. The molecule has 0 amide bonds. The predicted molar refractivity (Wildman–Crippen MR) is 98.5 cm³/mol. The van der Waals surface area contributed by atoms with Crippen LogP contribution in [0.25, 0.3) is 10.9 Å². The number of benzene rings is 2. The zero-order chi connectivity index (χ0) is 18.0. The number of carbonyl (C=O) groups is 2. The summed E-state index contributed by atoms with van der Waals surface area (Å²) in [4.78, 5) is 28.0. The molecule has 0 atom stereocenters. The molecule has 0 aliphatic heterocycles. The lowest BCUT2D eigenvalue weighted by Crippen LogP contribution is -2.11. The molecule has 1 N–H and O–H groups in total. The van der Waals surface area contributed by atoms with Gasteiger partial charge in [-0.25, -0.2) is 0 Å². The summed E-state index contributed by atoms with van der Waals surface area (Å²) in [5, 5.41) is 1.86. The maximum absolute atomic E-state index is 12.9. The molecule has 0 radical (unpaired) electrons. The topological polar surface area (TPSA) is 59.2 Å². The molecular formula is C19H15Cl2NO3. The molecule has 3 rings (SSSR count). The van der Waals surface area contributed by atoms with Crippen LogP contribution in [0.3, 0.4) is 0 Å². The van der Waals surface area contributed by atoms with Crippen LogP contribution in [0.15, 0.2) is 42.5 Å². The molecule has 2 aromatic carbocycles. The lowest BCUT2D eigenvalue weighted by molar-refractivity contribution is -0.142. The van der Waals surface area contributed by atoms with E-state index in [1.165, 1.54) is 0 Å². The first-order chi connectivity index (χ1) is 12.0. The van der Waals surface area contributed by atoms with Crippen LogP contribution in [-0.2, 0) is 16.0 Å². The molecule has 0 unspecified atom stereocenters. The van der Waals surface area contributed by atoms with Crippen molar-refractivity contribution in [3.63, 3.8) is 0 Å². The first-order valence-corrected chi connectivity index (χ1v) is 8.51. The Kier molecular flexibility index (Phi) is 5.11. The molecule has 25 heavy (non-hydrogen) atoms. The highest BCUT2D eigenvalue weighted by Crippen LogP contribution is 2.28. The van der Waals surface area contributed by atoms with Crippen molar-refractivity contribution in [2.45, 2.75) is 13.3 Å². The van der Waals surface area contributed by atoms with E-state index in [9.17, 15) is 9.59 Å². The number of rotatable bonds is 5. The molecule has 0 aliphatic carbocycles. The van der Waals surface area contributed by atoms with Crippen LogP contribution in [0.4, 0.5) is 0 Å². The van der Waals surface area contributed by atoms with Gasteiger partial charge >= 0.3 is 5.97 Å². The molecule has 0 aliphatic rings. The van der Waals surface area contributed by atoms with Gasteiger partial charge in [-0.3, -0.25) is 9.59 Å². The average molecular weight is 376 g/mol. The Morgan fingerprint density at radius 2 is 1.72 bits per heavy atom. The average Bonchev–Trinajstić information content (AvgIpc) is 2.92. The normalized spacial score (nSPS) is 10.8. The first-order valence-electron chi connectivity index (χ1n) is 7.75. The van der Waals surface area contributed by atoms with Gasteiger partial charge in [0.2, 0.25) is 5.78 Å². The van der Waals surface area contributed by atoms with Crippen molar-refractivity contribution < 1.29 is 14.3 Å². The number of ketones is 1. The molecule has 1 aromatic heterocycles. The van der Waals surface area contributed by atoms with Crippen molar-refractivity contribution in [1.82, 2.24) is 4.98 Å². The van der Waals surface area contributed by atoms with E-state index in [1.54, 1.807) is 49.4 Å². The lowest BCUT2D eigenvalue weighted by atomic mass is 10.0. The smallest absolute Gasteiger partial charge is 0.310 e. The molecule has 128 valence electrons. The van der Waals surface area contributed by atoms with Crippen LogP contribution in [-0.4, -0.2) is 23.3 Å². The van der Waals surface area contributed by atoms with Gasteiger partial charge in [0.25, 0.3) is 0 Å². The second-order valence-corrected chi connectivity index (χ2v) is 6.36. The van der Waals surface area contributed by atoms with E-state index in [1.807, 2.05) is 0 Å². The third-order valence-corrected chi connectivity index (χ3v) is 4.32. The van der Waals surface area contributed by atoms with E-state index in [0.29, 0.717) is 32.4 Å². The van der Waals surface area contributed by atoms with Crippen molar-refractivity contribution in [3.8, 4) is 0 Å². The summed E-state index contributed by atoms with van der Waals surface area (Å²) in [6, 6.07) is 11.8. The Labute approximate surface area is 154 Å². The molecular weight excluding hydrogens is 361 g/mol. The van der Waals surface area contributed by atoms with E-state index < -0.39 is 0 Å². The first kappa shape index (κ1) is 17.5. The Morgan fingerprint density at radius 3 is 2.40 bits per heavy atom. The van der Waals surface area contributed by atoms with E-state index >= 15 is 0 Å². The number of fused-ring (bicyclic) bond motifs is 1. The van der Waals surface area contributed by atoms with Crippen molar-refractivity contribution in [3.05, 3.63) is 69.3 Å². The van der Waals surface area contributed by atoms with Crippen molar-refractivity contribution >= 4 is 45.9 Å². The van der Waals surface area contributed by atoms with Crippen LogP contribution >= 0.6 is 23.2 Å². The summed E-state index contributed by atoms with van der Waals surface area (Å²) in [6.45, 7) is 2.03. The Morgan fingerprint density at radius 1 is 1.04 bits per heavy atom. The highest BCUT2D eigenvalue weighted by Gasteiger charge is 2.21. The Balaban J connectivity index is 2.10. The summed E-state index contributed by atoms with van der Waals surface area (Å²) >= 11 is 11.9. The maximum atomic E-state index is 12.9. The minimum atomic E-state index is -0.386. The van der Waals surface area contributed by atoms with Gasteiger partial charge in [-0.15, -0.1) is 0 Å². The van der Waals surface area contributed by atoms with Gasteiger partial charge in [-0.05, 0) is 43.3 Å². The van der Waals surface area contributed by atoms with Crippen LogP contribution in [0.5, 0.6) is 0 Å². The van der Waals surface area contributed by atoms with E-state index in [4.69, 9.17) is 27.9 Å². The molecule has 0 spiro atoms. The number of aromatic nitrogens is 1. The highest BCUT2D eigenvalue weighted by atomic mass is 35.5. The molecule has 0 saturated carbocycles. The number of halogens is 2. The van der Waals surface area contributed by atoms with Crippen LogP contribution in [0, 0.1) is 0 Å². The van der Waals surface area contributed by atoms with Gasteiger partial charge in [-0.1, -0.05) is 29.3 Å². The minimum Gasteiger partial charge on any atom is -0.466 e. The molecule has 0 fully saturated rings. The minimum absolute atomic E-state index is 0.00410. The molecule has 3 aromatic rings. The zero-order valence-corrected chi connectivity index (χ0v) is 14.9.